The molecule has 0 aromatic heterocycles. The summed E-state index contributed by atoms with van der Waals surface area (Å²) >= 11 is 5.85. The molecule has 1 aromatic carbocycles. The lowest BCUT2D eigenvalue weighted by Crippen LogP contribution is -2.33. The zero-order chi connectivity index (χ0) is 12.1. The highest BCUT2D eigenvalue weighted by Gasteiger charge is 2.13. The summed E-state index contributed by atoms with van der Waals surface area (Å²) in [4.78, 5) is 14.0. The summed E-state index contributed by atoms with van der Waals surface area (Å²) in [7, 11) is 1.97. The summed E-state index contributed by atoms with van der Waals surface area (Å²) in [6, 6.07) is 7.52. The van der Waals surface area contributed by atoms with Crippen LogP contribution in [0.3, 0.4) is 0 Å². The molecule has 1 aromatic rings. The Bertz CT molecular complexity index is 365. The third-order valence-electron chi connectivity index (χ3n) is 2.88. The van der Waals surface area contributed by atoms with Crippen molar-refractivity contribution in [2.75, 3.05) is 13.6 Å². The Labute approximate surface area is 102 Å². The molecule has 0 heterocycles. The normalized spacial score (nSPS) is 12.8. The molecule has 1 unspecified atom stereocenters. The zero-order valence-electron chi connectivity index (χ0n) is 10.0. The summed E-state index contributed by atoms with van der Waals surface area (Å²) in [6.45, 7) is 4.67. The van der Waals surface area contributed by atoms with Crippen LogP contribution in [-0.4, -0.2) is 30.3 Å². The summed E-state index contributed by atoms with van der Waals surface area (Å²) in [6.07, 6.45) is 1.04. The fraction of sp³-hybridized carbons (Fsp3) is 0.462. The summed E-state index contributed by atoms with van der Waals surface area (Å²) in [5.74, 6) is 0.116. The standard InChI is InChI=1S/C13H18ClNO/c1-4-10(2)15(3)9-13(16)11-6-5-7-12(14)8-11/h5-8,10H,4,9H2,1-3H3. The highest BCUT2D eigenvalue weighted by Crippen LogP contribution is 2.12. The highest BCUT2D eigenvalue weighted by molar-refractivity contribution is 6.31. The van der Waals surface area contributed by atoms with Gasteiger partial charge >= 0.3 is 0 Å². The van der Waals surface area contributed by atoms with Crippen molar-refractivity contribution < 1.29 is 4.79 Å². The first-order valence-corrected chi connectivity index (χ1v) is 5.91. The zero-order valence-corrected chi connectivity index (χ0v) is 10.8. The van der Waals surface area contributed by atoms with E-state index in [4.69, 9.17) is 11.6 Å². The molecule has 0 saturated heterocycles. The molecule has 1 rings (SSSR count). The first kappa shape index (κ1) is 13.2. The van der Waals surface area contributed by atoms with E-state index < -0.39 is 0 Å². The van der Waals surface area contributed by atoms with E-state index in [9.17, 15) is 4.79 Å². The second kappa shape index (κ2) is 6.02. The van der Waals surface area contributed by atoms with Crippen LogP contribution in [-0.2, 0) is 0 Å². The number of benzene rings is 1. The number of ketones is 1. The predicted molar refractivity (Wildman–Crippen MR) is 68.2 cm³/mol. The molecule has 0 saturated carbocycles. The SMILES string of the molecule is CCC(C)N(C)CC(=O)c1cccc(Cl)c1. The molecule has 0 bridgehead atoms. The van der Waals surface area contributed by atoms with Gasteiger partial charge in [-0.25, -0.2) is 0 Å². The number of nitrogens with zero attached hydrogens (tertiary/aromatic N) is 1. The van der Waals surface area contributed by atoms with E-state index >= 15 is 0 Å². The first-order chi connectivity index (χ1) is 7.54. The molecule has 1 atom stereocenters. The van der Waals surface area contributed by atoms with Gasteiger partial charge in [-0.05, 0) is 32.5 Å². The van der Waals surface area contributed by atoms with Crippen LogP contribution in [0.4, 0.5) is 0 Å². The van der Waals surface area contributed by atoms with Gasteiger partial charge in [0.1, 0.15) is 0 Å². The first-order valence-electron chi connectivity index (χ1n) is 5.53. The Balaban J connectivity index is 2.66. The third-order valence-corrected chi connectivity index (χ3v) is 3.12. The van der Waals surface area contributed by atoms with Crippen LogP contribution in [0.25, 0.3) is 0 Å². The maximum Gasteiger partial charge on any atom is 0.176 e. The minimum Gasteiger partial charge on any atom is -0.296 e. The number of likely N-dealkylation sites (N-methyl/N-ethyl adjacent to an activating group) is 1. The van der Waals surface area contributed by atoms with Crippen LogP contribution in [0.2, 0.25) is 5.02 Å². The van der Waals surface area contributed by atoms with E-state index in [1.54, 1.807) is 24.3 Å². The van der Waals surface area contributed by atoms with Crippen LogP contribution in [0.1, 0.15) is 30.6 Å². The molecule has 0 fully saturated rings. The topological polar surface area (TPSA) is 20.3 Å². The van der Waals surface area contributed by atoms with Gasteiger partial charge in [0.25, 0.3) is 0 Å². The second-order valence-electron chi connectivity index (χ2n) is 4.11. The largest absolute Gasteiger partial charge is 0.296 e. The van der Waals surface area contributed by atoms with E-state index in [1.165, 1.54) is 0 Å². The van der Waals surface area contributed by atoms with Crippen molar-refractivity contribution in [1.82, 2.24) is 4.90 Å². The van der Waals surface area contributed by atoms with Gasteiger partial charge in [-0.3, -0.25) is 9.69 Å². The number of carbonyl (C=O) groups excluding carboxylic acids is 1. The maximum absolute atomic E-state index is 11.9. The van der Waals surface area contributed by atoms with Crippen molar-refractivity contribution >= 4 is 17.4 Å². The molecule has 0 aliphatic carbocycles. The Morgan fingerprint density at radius 1 is 1.50 bits per heavy atom. The second-order valence-corrected chi connectivity index (χ2v) is 4.54. The lowest BCUT2D eigenvalue weighted by atomic mass is 10.1. The van der Waals surface area contributed by atoms with Crippen molar-refractivity contribution in [1.29, 1.82) is 0 Å². The lowest BCUT2D eigenvalue weighted by Gasteiger charge is -2.22. The summed E-state index contributed by atoms with van der Waals surface area (Å²) in [5.41, 5.74) is 0.683. The minimum absolute atomic E-state index is 0.116. The van der Waals surface area contributed by atoms with Gasteiger partial charge in [0.05, 0.1) is 6.54 Å². The van der Waals surface area contributed by atoms with Gasteiger partial charge in [0.2, 0.25) is 0 Å². The molecular weight excluding hydrogens is 222 g/mol. The minimum atomic E-state index is 0.116. The number of carbonyl (C=O) groups is 1. The average Bonchev–Trinajstić information content (AvgIpc) is 2.27. The van der Waals surface area contributed by atoms with Crippen molar-refractivity contribution in [3.8, 4) is 0 Å². The fourth-order valence-electron chi connectivity index (χ4n) is 1.45. The predicted octanol–water partition coefficient (Wildman–Crippen LogP) is 3.25. The van der Waals surface area contributed by atoms with Crippen LogP contribution < -0.4 is 0 Å². The van der Waals surface area contributed by atoms with E-state index in [0.717, 1.165) is 6.42 Å². The third kappa shape index (κ3) is 3.62. The number of halogens is 1. The molecule has 0 aliphatic heterocycles. The quantitative estimate of drug-likeness (QED) is 0.736. The van der Waals surface area contributed by atoms with E-state index in [0.29, 0.717) is 23.2 Å². The molecule has 16 heavy (non-hydrogen) atoms. The molecule has 0 N–H and O–H groups in total. The Morgan fingerprint density at radius 2 is 2.19 bits per heavy atom. The number of hydrogen-bond acceptors (Lipinski definition) is 2. The molecule has 0 amide bonds. The smallest absolute Gasteiger partial charge is 0.176 e. The van der Waals surface area contributed by atoms with Crippen LogP contribution in [0.5, 0.6) is 0 Å². The summed E-state index contributed by atoms with van der Waals surface area (Å²) < 4.78 is 0. The van der Waals surface area contributed by atoms with Crippen LogP contribution >= 0.6 is 11.6 Å². The Kier molecular flexibility index (Phi) is 4.97. The molecule has 0 aliphatic rings. The average molecular weight is 240 g/mol. The van der Waals surface area contributed by atoms with E-state index in [-0.39, 0.29) is 5.78 Å². The number of Topliss-reactive ketones (excluding diaryl/α,β-unsaturated/α-hetero) is 1. The number of hydrogen-bond donors (Lipinski definition) is 0. The van der Waals surface area contributed by atoms with E-state index in [2.05, 4.69) is 18.7 Å². The molecule has 2 nitrogen and oxygen atoms in total. The lowest BCUT2D eigenvalue weighted by molar-refractivity contribution is 0.0923. The fourth-order valence-corrected chi connectivity index (χ4v) is 1.64. The van der Waals surface area contributed by atoms with Gasteiger partial charge in [-0.15, -0.1) is 0 Å². The van der Waals surface area contributed by atoms with Crippen molar-refractivity contribution in [2.45, 2.75) is 26.3 Å². The van der Waals surface area contributed by atoms with Gasteiger partial charge < -0.3 is 0 Å². The van der Waals surface area contributed by atoms with E-state index in [1.807, 2.05) is 7.05 Å². The molecule has 0 radical (unpaired) electrons. The molecule has 88 valence electrons. The summed E-state index contributed by atoms with van der Waals surface area (Å²) in [5, 5.41) is 0.608. The molecule has 0 spiro atoms. The Hall–Kier alpha value is -0.860. The van der Waals surface area contributed by atoms with Gasteiger partial charge in [-0.1, -0.05) is 30.7 Å². The molecule has 3 heteroatoms. The Morgan fingerprint density at radius 3 is 2.75 bits per heavy atom. The highest BCUT2D eigenvalue weighted by atomic mass is 35.5. The molecular formula is C13H18ClNO. The van der Waals surface area contributed by atoms with Crippen LogP contribution in [0, 0.1) is 0 Å². The monoisotopic (exact) mass is 239 g/mol. The maximum atomic E-state index is 11.9. The van der Waals surface area contributed by atoms with Crippen molar-refractivity contribution in [3.05, 3.63) is 34.9 Å². The van der Waals surface area contributed by atoms with Crippen molar-refractivity contribution in [2.24, 2.45) is 0 Å². The van der Waals surface area contributed by atoms with Crippen LogP contribution in [0.15, 0.2) is 24.3 Å². The number of rotatable bonds is 5. The van der Waals surface area contributed by atoms with Crippen molar-refractivity contribution in [3.63, 3.8) is 0 Å². The van der Waals surface area contributed by atoms with Gasteiger partial charge in [-0.2, -0.15) is 0 Å². The van der Waals surface area contributed by atoms with Gasteiger partial charge in [0.15, 0.2) is 5.78 Å². The van der Waals surface area contributed by atoms with Gasteiger partial charge in [0, 0.05) is 16.6 Å².